The fourth-order valence-electron chi connectivity index (χ4n) is 1.95. The van der Waals surface area contributed by atoms with Crippen molar-refractivity contribution in [2.45, 2.75) is 12.5 Å². The number of nitrogens with zero attached hydrogens (tertiary/aromatic N) is 1. The molecule has 1 unspecified atom stereocenters. The molecule has 0 saturated carbocycles. The molecule has 6 nitrogen and oxygen atoms in total. The molecule has 0 aliphatic carbocycles. The van der Waals surface area contributed by atoms with Gasteiger partial charge in [-0.2, -0.15) is 0 Å². The molecule has 1 saturated heterocycles. The minimum absolute atomic E-state index is 0.111. The van der Waals surface area contributed by atoms with Crippen molar-refractivity contribution in [1.29, 1.82) is 0 Å². The van der Waals surface area contributed by atoms with Crippen molar-refractivity contribution in [3.63, 3.8) is 0 Å². The summed E-state index contributed by atoms with van der Waals surface area (Å²) in [7, 11) is 0. The summed E-state index contributed by atoms with van der Waals surface area (Å²) in [6.07, 6.45) is 4.36. The van der Waals surface area contributed by atoms with Crippen LogP contribution in [0, 0.1) is 0 Å². The Morgan fingerprint density at radius 3 is 3.05 bits per heavy atom. The van der Waals surface area contributed by atoms with Crippen molar-refractivity contribution in [2.24, 2.45) is 0 Å². The zero-order valence-corrected chi connectivity index (χ0v) is 10.3. The number of carbonyl (C=O) groups excluding carboxylic acids is 1. The Hall–Kier alpha value is -2.08. The third kappa shape index (κ3) is 3.69. The summed E-state index contributed by atoms with van der Waals surface area (Å²) in [6, 6.07) is 3.05. The van der Waals surface area contributed by atoms with E-state index in [1.54, 1.807) is 18.2 Å². The molecule has 1 aromatic heterocycles. The highest BCUT2D eigenvalue weighted by molar-refractivity contribution is 5.92. The Labute approximate surface area is 110 Å². The van der Waals surface area contributed by atoms with Gasteiger partial charge in [0.25, 0.3) is 0 Å². The SMILES string of the molecule is O=C(O)CC1COCCN1C(=O)C=Cc1ccco1. The van der Waals surface area contributed by atoms with Crippen molar-refractivity contribution in [2.75, 3.05) is 19.8 Å². The molecule has 0 bridgehead atoms. The number of amides is 1. The molecular formula is C13H15NO5. The van der Waals surface area contributed by atoms with E-state index in [1.165, 1.54) is 17.2 Å². The number of carboxylic acid groups (broad SMARTS) is 1. The van der Waals surface area contributed by atoms with Crippen LogP contribution in [0.1, 0.15) is 12.2 Å². The Morgan fingerprint density at radius 2 is 2.37 bits per heavy atom. The molecule has 1 aliphatic heterocycles. The minimum Gasteiger partial charge on any atom is -0.481 e. The summed E-state index contributed by atoms with van der Waals surface area (Å²) >= 11 is 0. The Bertz CT molecular complexity index is 465. The third-order valence-electron chi connectivity index (χ3n) is 2.85. The van der Waals surface area contributed by atoms with Crippen molar-refractivity contribution >= 4 is 18.0 Å². The molecular weight excluding hydrogens is 250 g/mol. The number of hydrogen-bond donors (Lipinski definition) is 1. The third-order valence-corrected chi connectivity index (χ3v) is 2.85. The first-order chi connectivity index (χ1) is 9.16. The van der Waals surface area contributed by atoms with Gasteiger partial charge in [0.15, 0.2) is 0 Å². The van der Waals surface area contributed by atoms with Crippen molar-refractivity contribution in [3.05, 3.63) is 30.2 Å². The molecule has 102 valence electrons. The van der Waals surface area contributed by atoms with E-state index >= 15 is 0 Å². The lowest BCUT2D eigenvalue weighted by Crippen LogP contribution is -2.49. The predicted molar refractivity (Wildman–Crippen MR) is 66.3 cm³/mol. The van der Waals surface area contributed by atoms with Gasteiger partial charge in [-0.3, -0.25) is 9.59 Å². The van der Waals surface area contributed by atoms with E-state index in [0.29, 0.717) is 18.9 Å². The van der Waals surface area contributed by atoms with Crippen molar-refractivity contribution < 1.29 is 23.8 Å². The molecule has 1 atom stereocenters. The van der Waals surface area contributed by atoms with Gasteiger partial charge < -0.3 is 19.2 Å². The standard InChI is InChI=1S/C13H15NO5/c15-12(4-3-11-2-1-6-19-11)14-5-7-18-9-10(14)8-13(16)17/h1-4,6,10H,5,7-9H2,(H,16,17). The number of morpholine rings is 1. The van der Waals surface area contributed by atoms with Gasteiger partial charge in [0, 0.05) is 12.6 Å². The summed E-state index contributed by atoms with van der Waals surface area (Å²) < 4.78 is 10.3. The summed E-state index contributed by atoms with van der Waals surface area (Å²) in [4.78, 5) is 24.3. The maximum Gasteiger partial charge on any atom is 0.305 e. The van der Waals surface area contributed by atoms with Gasteiger partial charge in [-0.25, -0.2) is 0 Å². The smallest absolute Gasteiger partial charge is 0.305 e. The fraction of sp³-hybridized carbons (Fsp3) is 0.385. The molecule has 0 aromatic carbocycles. The van der Waals surface area contributed by atoms with Crippen LogP contribution in [-0.2, 0) is 14.3 Å². The fourth-order valence-corrected chi connectivity index (χ4v) is 1.95. The maximum atomic E-state index is 12.0. The highest BCUT2D eigenvalue weighted by Crippen LogP contribution is 2.12. The zero-order chi connectivity index (χ0) is 13.7. The Morgan fingerprint density at radius 1 is 1.53 bits per heavy atom. The van der Waals surface area contributed by atoms with Crippen LogP contribution in [0.3, 0.4) is 0 Å². The first kappa shape index (κ1) is 13.4. The van der Waals surface area contributed by atoms with Gasteiger partial charge in [-0.1, -0.05) is 0 Å². The maximum absolute atomic E-state index is 12.0. The number of rotatable bonds is 4. The average molecular weight is 265 g/mol. The van der Waals surface area contributed by atoms with E-state index in [-0.39, 0.29) is 18.9 Å². The van der Waals surface area contributed by atoms with Crippen LogP contribution in [0.2, 0.25) is 0 Å². The van der Waals surface area contributed by atoms with Crippen LogP contribution in [0.15, 0.2) is 28.9 Å². The molecule has 2 heterocycles. The predicted octanol–water partition coefficient (Wildman–Crippen LogP) is 0.995. The van der Waals surface area contributed by atoms with Crippen LogP contribution in [0.5, 0.6) is 0 Å². The van der Waals surface area contributed by atoms with Gasteiger partial charge in [0.1, 0.15) is 5.76 Å². The van der Waals surface area contributed by atoms with E-state index in [0.717, 1.165) is 0 Å². The number of hydrogen-bond acceptors (Lipinski definition) is 4. The largest absolute Gasteiger partial charge is 0.481 e. The lowest BCUT2D eigenvalue weighted by Gasteiger charge is -2.34. The number of ether oxygens (including phenoxy) is 1. The van der Waals surface area contributed by atoms with Gasteiger partial charge in [-0.15, -0.1) is 0 Å². The topological polar surface area (TPSA) is 80.0 Å². The lowest BCUT2D eigenvalue weighted by atomic mass is 10.1. The number of aliphatic carboxylic acids is 1. The second-order valence-corrected chi connectivity index (χ2v) is 4.21. The Balaban J connectivity index is 2.00. The Kier molecular flexibility index (Phi) is 4.35. The van der Waals surface area contributed by atoms with E-state index in [2.05, 4.69) is 0 Å². The highest BCUT2D eigenvalue weighted by Gasteiger charge is 2.27. The molecule has 1 amide bonds. The van der Waals surface area contributed by atoms with Crippen molar-refractivity contribution in [1.82, 2.24) is 4.90 Å². The van der Waals surface area contributed by atoms with Gasteiger partial charge in [0.05, 0.1) is 31.9 Å². The van der Waals surface area contributed by atoms with Crippen LogP contribution in [0.25, 0.3) is 6.08 Å². The van der Waals surface area contributed by atoms with E-state index in [9.17, 15) is 9.59 Å². The second-order valence-electron chi connectivity index (χ2n) is 4.21. The molecule has 0 radical (unpaired) electrons. The average Bonchev–Trinajstić information content (AvgIpc) is 2.89. The van der Waals surface area contributed by atoms with E-state index in [1.807, 2.05) is 0 Å². The molecule has 1 aromatic rings. The van der Waals surface area contributed by atoms with Crippen LogP contribution < -0.4 is 0 Å². The number of furan rings is 1. The molecule has 2 rings (SSSR count). The van der Waals surface area contributed by atoms with Crippen molar-refractivity contribution in [3.8, 4) is 0 Å². The second kappa shape index (κ2) is 6.19. The summed E-state index contributed by atoms with van der Waals surface area (Å²) in [5.74, 6) is -0.592. The van der Waals surface area contributed by atoms with E-state index in [4.69, 9.17) is 14.3 Å². The minimum atomic E-state index is -0.941. The first-order valence-corrected chi connectivity index (χ1v) is 5.98. The summed E-state index contributed by atoms with van der Waals surface area (Å²) in [5, 5.41) is 8.82. The van der Waals surface area contributed by atoms with Crippen LogP contribution in [0.4, 0.5) is 0 Å². The lowest BCUT2D eigenvalue weighted by molar-refractivity contribution is -0.143. The highest BCUT2D eigenvalue weighted by atomic mass is 16.5. The number of carboxylic acids is 1. The summed E-state index contributed by atoms with van der Waals surface area (Å²) in [5.41, 5.74) is 0. The normalized spacial score (nSPS) is 19.8. The molecule has 1 aliphatic rings. The zero-order valence-electron chi connectivity index (χ0n) is 10.3. The summed E-state index contributed by atoms with van der Waals surface area (Å²) in [6.45, 7) is 1.09. The van der Waals surface area contributed by atoms with Crippen LogP contribution in [-0.4, -0.2) is 47.7 Å². The first-order valence-electron chi connectivity index (χ1n) is 5.98. The van der Waals surface area contributed by atoms with Gasteiger partial charge in [0.2, 0.25) is 5.91 Å². The number of carbonyl (C=O) groups is 2. The quantitative estimate of drug-likeness (QED) is 0.821. The van der Waals surface area contributed by atoms with Gasteiger partial charge >= 0.3 is 5.97 Å². The molecule has 1 N–H and O–H groups in total. The van der Waals surface area contributed by atoms with Crippen LogP contribution >= 0.6 is 0 Å². The van der Waals surface area contributed by atoms with E-state index < -0.39 is 12.0 Å². The molecule has 1 fully saturated rings. The molecule has 0 spiro atoms. The molecule has 19 heavy (non-hydrogen) atoms. The molecule has 6 heteroatoms. The monoisotopic (exact) mass is 265 g/mol. The van der Waals surface area contributed by atoms with Gasteiger partial charge in [-0.05, 0) is 18.2 Å².